The molecule has 0 unspecified atom stereocenters. The number of carboxylic acids is 1. The minimum Gasteiger partial charge on any atom is -0.478 e. The average Bonchev–Trinajstić information content (AvgIpc) is 2.99. The zero-order valence-electron chi connectivity index (χ0n) is 11.9. The van der Waals surface area contributed by atoms with Crippen molar-refractivity contribution < 1.29 is 9.90 Å². The van der Waals surface area contributed by atoms with Gasteiger partial charge in [-0.2, -0.15) is 5.10 Å². The van der Waals surface area contributed by atoms with Gasteiger partial charge < -0.3 is 5.11 Å². The Hall–Kier alpha value is -2.95. The summed E-state index contributed by atoms with van der Waals surface area (Å²) in [6, 6.07) is 14.1. The number of hydrogen-bond acceptors (Lipinski definition) is 3. The van der Waals surface area contributed by atoms with E-state index in [-0.39, 0.29) is 5.56 Å². The highest BCUT2D eigenvalue weighted by Gasteiger charge is 2.06. The smallest absolute Gasteiger partial charge is 0.338 e. The molecule has 0 saturated heterocycles. The van der Waals surface area contributed by atoms with E-state index < -0.39 is 5.97 Å². The summed E-state index contributed by atoms with van der Waals surface area (Å²) in [5.74, 6) is -0.961. The summed E-state index contributed by atoms with van der Waals surface area (Å²) in [5, 5.41) is 12.9. The van der Waals surface area contributed by atoms with E-state index in [1.54, 1.807) is 10.9 Å². The quantitative estimate of drug-likeness (QED) is 0.785. The van der Waals surface area contributed by atoms with E-state index in [0.717, 1.165) is 17.7 Å². The number of hydrogen-bond donors (Lipinski definition) is 1. The molecule has 0 aliphatic heterocycles. The molecule has 110 valence electrons. The number of carboxylic acid groups (broad SMARTS) is 1. The maximum atomic E-state index is 10.8. The fourth-order valence-corrected chi connectivity index (χ4v) is 2.22. The predicted octanol–water partition coefficient (Wildman–Crippen LogP) is 2.62. The lowest BCUT2D eigenvalue weighted by atomic mass is 10.1. The lowest BCUT2D eigenvalue weighted by molar-refractivity contribution is 0.0697. The molecule has 0 aliphatic carbocycles. The van der Waals surface area contributed by atoms with Gasteiger partial charge in [-0.25, -0.2) is 4.79 Å². The summed E-state index contributed by atoms with van der Waals surface area (Å²) >= 11 is 0. The van der Waals surface area contributed by atoms with Gasteiger partial charge in [-0.05, 0) is 23.3 Å². The first-order chi connectivity index (χ1) is 10.7. The van der Waals surface area contributed by atoms with E-state index in [0.29, 0.717) is 6.54 Å². The fraction of sp³-hybridized carbons (Fsp3) is 0.118. The molecule has 1 N–H and O–H groups in total. The van der Waals surface area contributed by atoms with Crippen LogP contribution in [0.15, 0.2) is 61.1 Å². The molecule has 3 aromatic rings. The van der Waals surface area contributed by atoms with Gasteiger partial charge in [-0.3, -0.25) is 9.67 Å². The third-order valence-electron chi connectivity index (χ3n) is 3.36. The zero-order chi connectivity index (χ0) is 15.4. The van der Waals surface area contributed by atoms with Crippen molar-refractivity contribution in [1.29, 1.82) is 0 Å². The number of nitrogens with zero attached hydrogens (tertiary/aromatic N) is 3. The molecule has 0 aliphatic rings. The van der Waals surface area contributed by atoms with Crippen LogP contribution in [0.2, 0.25) is 0 Å². The standard InChI is InChI=1S/C17H15N3O2/c21-17(22)15-10-19-20(12-15)11-14-6-4-13(5-7-14)9-16-3-1-2-8-18-16/h1-8,10,12H,9,11H2,(H,21,22). The molecular formula is C17H15N3O2. The molecule has 3 rings (SSSR count). The second-order valence-electron chi connectivity index (χ2n) is 5.05. The van der Waals surface area contributed by atoms with Gasteiger partial charge in [-0.15, -0.1) is 0 Å². The Balaban J connectivity index is 1.67. The Morgan fingerprint density at radius 1 is 1.09 bits per heavy atom. The zero-order valence-corrected chi connectivity index (χ0v) is 11.9. The first-order valence-corrected chi connectivity index (χ1v) is 6.94. The van der Waals surface area contributed by atoms with Crippen molar-refractivity contribution in [2.24, 2.45) is 0 Å². The van der Waals surface area contributed by atoms with Gasteiger partial charge in [0.25, 0.3) is 0 Å². The van der Waals surface area contributed by atoms with Crippen LogP contribution in [0.25, 0.3) is 0 Å². The summed E-state index contributed by atoms with van der Waals surface area (Å²) in [6.07, 6.45) is 5.48. The SMILES string of the molecule is O=C(O)c1cnn(Cc2ccc(Cc3ccccn3)cc2)c1. The van der Waals surface area contributed by atoms with Crippen molar-refractivity contribution in [2.45, 2.75) is 13.0 Å². The topological polar surface area (TPSA) is 68.0 Å². The molecule has 0 atom stereocenters. The molecule has 5 heteroatoms. The number of aromatic nitrogens is 3. The van der Waals surface area contributed by atoms with Crippen molar-refractivity contribution in [2.75, 3.05) is 0 Å². The van der Waals surface area contributed by atoms with Gasteiger partial charge in [0, 0.05) is 24.5 Å². The maximum Gasteiger partial charge on any atom is 0.338 e. The molecule has 0 fully saturated rings. The third-order valence-corrected chi connectivity index (χ3v) is 3.36. The Morgan fingerprint density at radius 2 is 1.86 bits per heavy atom. The Kier molecular flexibility index (Phi) is 3.96. The number of aromatic carboxylic acids is 1. The lowest BCUT2D eigenvalue weighted by Gasteiger charge is -2.04. The largest absolute Gasteiger partial charge is 0.478 e. The Bertz CT molecular complexity index is 764. The third kappa shape index (κ3) is 3.38. The predicted molar refractivity (Wildman–Crippen MR) is 81.8 cm³/mol. The highest BCUT2D eigenvalue weighted by atomic mass is 16.4. The van der Waals surface area contributed by atoms with E-state index in [1.165, 1.54) is 18.0 Å². The monoisotopic (exact) mass is 293 g/mol. The molecule has 0 radical (unpaired) electrons. The minimum absolute atomic E-state index is 0.201. The van der Waals surface area contributed by atoms with Crippen molar-refractivity contribution in [3.8, 4) is 0 Å². The molecule has 2 heterocycles. The van der Waals surface area contributed by atoms with Gasteiger partial charge in [0.15, 0.2) is 0 Å². The van der Waals surface area contributed by atoms with Gasteiger partial charge in [0.1, 0.15) is 0 Å². The van der Waals surface area contributed by atoms with Crippen LogP contribution in [0.3, 0.4) is 0 Å². The number of rotatable bonds is 5. The molecule has 0 amide bonds. The van der Waals surface area contributed by atoms with Crippen LogP contribution in [0.1, 0.15) is 27.2 Å². The number of carbonyl (C=O) groups is 1. The van der Waals surface area contributed by atoms with Crippen LogP contribution in [0.4, 0.5) is 0 Å². The molecule has 0 spiro atoms. The van der Waals surface area contributed by atoms with E-state index in [1.807, 2.05) is 30.3 Å². The van der Waals surface area contributed by atoms with Crippen molar-refractivity contribution in [1.82, 2.24) is 14.8 Å². The first kappa shape index (κ1) is 14.0. The van der Waals surface area contributed by atoms with Crippen molar-refractivity contribution >= 4 is 5.97 Å². The molecule has 0 saturated carbocycles. The highest BCUT2D eigenvalue weighted by molar-refractivity contribution is 5.86. The van der Waals surface area contributed by atoms with Crippen LogP contribution in [0.5, 0.6) is 0 Å². The van der Waals surface area contributed by atoms with E-state index in [2.05, 4.69) is 22.2 Å². The maximum absolute atomic E-state index is 10.8. The fourth-order valence-electron chi connectivity index (χ4n) is 2.22. The van der Waals surface area contributed by atoms with E-state index in [9.17, 15) is 4.79 Å². The van der Waals surface area contributed by atoms with Gasteiger partial charge in [0.2, 0.25) is 0 Å². The van der Waals surface area contributed by atoms with Crippen LogP contribution >= 0.6 is 0 Å². The van der Waals surface area contributed by atoms with Crippen LogP contribution in [0, 0.1) is 0 Å². The van der Waals surface area contributed by atoms with Gasteiger partial charge in [-0.1, -0.05) is 30.3 Å². The van der Waals surface area contributed by atoms with Crippen LogP contribution < -0.4 is 0 Å². The van der Waals surface area contributed by atoms with Crippen molar-refractivity contribution in [3.63, 3.8) is 0 Å². The molecular weight excluding hydrogens is 278 g/mol. The second-order valence-corrected chi connectivity index (χ2v) is 5.05. The summed E-state index contributed by atoms with van der Waals surface area (Å²) in [5.41, 5.74) is 3.50. The van der Waals surface area contributed by atoms with Crippen LogP contribution in [-0.2, 0) is 13.0 Å². The first-order valence-electron chi connectivity index (χ1n) is 6.94. The van der Waals surface area contributed by atoms with E-state index in [4.69, 9.17) is 5.11 Å². The number of pyridine rings is 1. The summed E-state index contributed by atoms with van der Waals surface area (Å²) < 4.78 is 1.62. The van der Waals surface area contributed by atoms with Gasteiger partial charge in [0.05, 0.1) is 18.3 Å². The molecule has 0 bridgehead atoms. The van der Waals surface area contributed by atoms with Crippen LogP contribution in [-0.4, -0.2) is 25.8 Å². The minimum atomic E-state index is -0.961. The molecule has 1 aromatic carbocycles. The molecule has 2 aromatic heterocycles. The van der Waals surface area contributed by atoms with Gasteiger partial charge >= 0.3 is 5.97 Å². The Morgan fingerprint density at radius 3 is 2.50 bits per heavy atom. The van der Waals surface area contributed by atoms with Crippen molar-refractivity contribution in [3.05, 3.63) is 83.4 Å². The molecule has 5 nitrogen and oxygen atoms in total. The summed E-state index contributed by atoms with van der Waals surface area (Å²) in [4.78, 5) is 15.1. The second kappa shape index (κ2) is 6.22. The van der Waals surface area contributed by atoms with E-state index >= 15 is 0 Å². The Labute approximate surface area is 127 Å². The summed E-state index contributed by atoms with van der Waals surface area (Å²) in [7, 11) is 0. The normalized spacial score (nSPS) is 10.5. The molecule has 22 heavy (non-hydrogen) atoms. The lowest BCUT2D eigenvalue weighted by Crippen LogP contribution is -2.01. The summed E-state index contributed by atoms with van der Waals surface area (Å²) in [6.45, 7) is 0.553. The number of benzene rings is 1. The highest BCUT2D eigenvalue weighted by Crippen LogP contribution is 2.10. The average molecular weight is 293 g/mol.